The summed E-state index contributed by atoms with van der Waals surface area (Å²) >= 11 is 0. The van der Waals surface area contributed by atoms with Gasteiger partial charge in [0.15, 0.2) is 0 Å². The fraction of sp³-hybridized carbons (Fsp3) is 1.00. The van der Waals surface area contributed by atoms with Crippen LogP contribution in [-0.2, 0) is 0 Å². The number of hydrogen-bond acceptors (Lipinski definition) is 2. The lowest BCUT2D eigenvalue weighted by Crippen LogP contribution is -2.33. The van der Waals surface area contributed by atoms with Crippen LogP contribution in [0.25, 0.3) is 0 Å². The van der Waals surface area contributed by atoms with Gasteiger partial charge in [-0.1, -0.05) is 13.8 Å². The molecule has 1 saturated heterocycles. The average Bonchev–Trinajstić information content (AvgIpc) is 2.51. The zero-order chi connectivity index (χ0) is 8.97. The third-order valence-electron chi connectivity index (χ3n) is 2.94. The van der Waals surface area contributed by atoms with Crippen molar-refractivity contribution in [2.75, 3.05) is 26.2 Å². The standard InChI is InChI=1S/C10H22N2/c1-9(2)10(7-11)8-12-5-3-4-6-12/h9-10H,3-8,11H2,1-2H3. The van der Waals surface area contributed by atoms with E-state index < -0.39 is 0 Å². The van der Waals surface area contributed by atoms with Crippen molar-refractivity contribution in [2.24, 2.45) is 17.6 Å². The average molecular weight is 170 g/mol. The molecular formula is C10H22N2. The molecule has 12 heavy (non-hydrogen) atoms. The van der Waals surface area contributed by atoms with Crippen molar-refractivity contribution in [1.82, 2.24) is 4.90 Å². The zero-order valence-corrected chi connectivity index (χ0v) is 8.42. The van der Waals surface area contributed by atoms with E-state index in [4.69, 9.17) is 5.73 Å². The molecular weight excluding hydrogens is 148 g/mol. The lowest BCUT2D eigenvalue weighted by molar-refractivity contribution is 0.241. The van der Waals surface area contributed by atoms with Crippen LogP contribution in [0.3, 0.4) is 0 Å². The summed E-state index contributed by atoms with van der Waals surface area (Å²) in [6, 6.07) is 0. The second-order valence-corrected chi connectivity index (χ2v) is 4.25. The Balaban J connectivity index is 2.26. The lowest BCUT2D eigenvalue weighted by atomic mass is 9.95. The van der Waals surface area contributed by atoms with Crippen LogP contribution in [0.15, 0.2) is 0 Å². The van der Waals surface area contributed by atoms with Gasteiger partial charge >= 0.3 is 0 Å². The van der Waals surface area contributed by atoms with Crippen LogP contribution in [0.1, 0.15) is 26.7 Å². The lowest BCUT2D eigenvalue weighted by Gasteiger charge is -2.24. The summed E-state index contributed by atoms with van der Waals surface area (Å²) in [5, 5.41) is 0. The van der Waals surface area contributed by atoms with Gasteiger partial charge in [0.25, 0.3) is 0 Å². The van der Waals surface area contributed by atoms with E-state index in [2.05, 4.69) is 18.7 Å². The molecule has 0 aliphatic carbocycles. The van der Waals surface area contributed by atoms with Crippen LogP contribution in [0.5, 0.6) is 0 Å². The first-order valence-corrected chi connectivity index (χ1v) is 5.16. The molecule has 2 nitrogen and oxygen atoms in total. The molecule has 1 rings (SSSR count). The molecule has 0 aromatic heterocycles. The first kappa shape index (κ1) is 10.0. The van der Waals surface area contributed by atoms with E-state index in [0.29, 0.717) is 5.92 Å². The Morgan fingerprint density at radius 1 is 1.25 bits per heavy atom. The van der Waals surface area contributed by atoms with Crippen LogP contribution in [-0.4, -0.2) is 31.1 Å². The monoisotopic (exact) mass is 170 g/mol. The first-order valence-electron chi connectivity index (χ1n) is 5.16. The largest absolute Gasteiger partial charge is 0.330 e. The van der Waals surface area contributed by atoms with Crippen molar-refractivity contribution < 1.29 is 0 Å². The quantitative estimate of drug-likeness (QED) is 0.689. The normalized spacial score (nSPS) is 22.0. The molecule has 0 radical (unpaired) electrons. The number of nitrogens with zero attached hydrogens (tertiary/aromatic N) is 1. The third-order valence-corrected chi connectivity index (χ3v) is 2.94. The van der Waals surface area contributed by atoms with Gasteiger partial charge in [-0.3, -0.25) is 0 Å². The van der Waals surface area contributed by atoms with E-state index >= 15 is 0 Å². The van der Waals surface area contributed by atoms with Gasteiger partial charge in [0, 0.05) is 6.54 Å². The molecule has 1 atom stereocenters. The summed E-state index contributed by atoms with van der Waals surface area (Å²) < 4.78 is 0. The Kier molecular flexibility index (Phi) is 4.02. The zero-order valence-electron chi connectivity index (χ0n) is 8.42. The highest BCUT2D eigenvalue weighted by molar-refractivity contribution is 4.73. The van der Waals surface area contributed by atoms with Crippen LogP contribution >= 0.6 is 0 Å². The minimum Gasteiger partial charge on any atom is -0.330 e. The van der Waals surface area contributed by atoms with Crippen molar-refractivity contribution in [3.8, 4) is 0 Å². The summed E-state index contributed by atoms with van der Waals surface area (Å²) in [5.74, 6) is 1.43. The van der Waals surface area contributed by atoms with Gasteiger partial charge < -0.3 is 10.6 Å². The van der Waals surface area contributed by atoms with E-state index in [0.717, 1.165) is 12.5 Å². The summed E-state index contributed by atoms with van der Waals surface area (Å²) in [6.45, 7) is 9.19. The van der Waals surface area contributed by atoms with E-state index in [1.807, 2.05) is 0 Å². The third kappa shape index (κ3) is 2.76. The van der Waals surface area contributed by atoms with Crippen molar-refractivity contribution in [2.45, 2.75) is 26.7 Å². The minimum absolute atomic E-state index is 0.697. The second-order valence-electron chi connectivity index (χ2n) is 4.25. The molecule has 1 fully saturated rings. The van der Waals surface area contributed by atoms with Gasteiger partial charge in [-0.05, 0) is 44.3 Å². The van der Waals surface area contributed by atoms with Gasteiger partial charge in [0.1, 0.15) is 0 Å². The van der Waals surface area contributed by atoms with Gasteiger partial charge in [0.2, 0.25) is 0 Å². The summed E-state index contributed by atoms with van der Waals surface area (Å²) in [5.41, 5.74) is 5.73. The Morgan fingerprint density at radius 2 is 1.83 bits per heavy atom. The number of nitrogens with two attached hydrogens (primary N) is 1. The Bertz CT molecular complexity index is 117. The fourth-order valence-corrected chi connectivity index (χ4v) is 1.85. The SMILES string of the molecule is CC(C)C(CN)CN1CCCC1. The Hall–Kier alpha value is -0.0800. The maximum absolute atomic E-state index is 5.73. The Labute approximate surface area is 76.1 Å². The topological polar surface area (TPSA) is 29.3 Å². The van der Waals surface area contributed by atoms with Crippen LogP contribution in [0.2, 0.25) is 0 Å². The molecule has 0 aromatic rings. The van der Waals surface area contributed by atoms with E-state index in [1.165, 1.54) is 32.5 Å². The molecule has 72 valence electrons. The molecule has 2 N–H and O–H groups in total. The molecule has 1 unspecified atom stereocenters. The van der Waals surface area contributed by atoms with Crippen molar-refractivity contribution in [3.63, 3.8) is 0 Å². The minimum atomic E-state index is 0.697. The van der Waals surface area contributed by atoms with Crippen molar-refractivity contribution in [1.29, 1.82) is 0 Å². The number of rotatable bonds is 4. The molecule has 0 bridgehead atoms. The molecule has 0 amide bonds. The molecule has 1 heterocycles. The molecule has 1 aliphatic rings. The Morgan fingerprint density at radius 3 is 2.25 bits per heavy atom. The van der Waals surface area contributed by atoms with E-state index in [9.17, 15) is 0 Å². The maximum atomic E-state index is 5.73. The highest BCUT2D eigenvalue weighted by Gasteiger charge is 2.18. The van der Waals surface area contributed by atoms with E-state index in [1.54, 1.807) is 0 Å². The fourth-order valence-electron chi connectivity index (χ4n) is 1.85. The maximum Gasteiger partial charge on any atom is 0.00242 e. The second kappa shape index (κ2) is 4.83. The van der Waals surface area contributed by atoms with Crippen LogP contribution < -0.4 is 5.73 Å². The van der Waals surface area contributed by atoms with Gasteiger partial charge in [-0.15, -0.1) is 0 Å². The van der Waals surface area contributed by atoms with Gasteiger partial charge in [-0.25, -0.2) is 0 Å². The highest BCUT2D eigenvalue weighted by Crippen LogP contribution is 2.15. The van der Waals surface area contributed by atoms with Crippen molar-refractivity contribution >= 4 is 0 Å². The summed E-state index contributed by atoms with van der Waals surface area (Å²) in [6.07, 6.45) is 2.77. The van der Waals surface area contributed by atoms with Crippen LogP contribution in [0.4, 0.5) is 0 Å². The van der Waals surface area contributed by atoms with Crippen molar-refractivity contribution in [3.05, 3.63) is 0 Å². The van der Waals surface area contributed by atoms with E-state index in [-0.39, 0.29) is 0 Å². The van der Waals surface area contributed by atoms with Gasteiger partial charge in [-0.2, -0.15) is 0 Å². The molecule has 0 saturated carbocycles. The smallest absolute Gasteiger partial charge is 0.00242 e. The predicted octanol–water partition coefficient (Wildman–Crippen LogP) is 1.31. The first-order chi connectivity index (χ1) is 5.74. The summed E-state index contributed by atoms with van der Waals surface area (Å²) in [4.78, 5) is 2.55. The molecule has 2 heteroatoms. The molecule has 0 aromatic carbocycles. The van der Waals surface area contributed by atoms with Gasteiger partial charge in [0.05, 0.1) is 0 Å². The molecule has 1 aliphatic heterocycles. The number of likely N-dealkylation sites (tertiary alicyclic amines) is 1. The van der Waals surface area contributed by atoms with Crippen LogP contribution in [0, 0.1) is 11.8 Å². The summed E-state index contributed by atoms with van der Waals surface area (Å²) in [7, 11) is 0. The molecule has 0 spiro atoms. The predicted molar refractivity (Wildman–Crippen MR) is 53.1 cm³/mol. The highest BCUT2D eigenvalue weighted by atomic mass is 15.1. The number of hydrogen-bond donors (Lipinski definition) is 1.